The first-order valence-electron chi connectivity index (χ1n) is 6.58. The van der Waals surface area contributed by atoms with E-state index in [0.717, 1.165) is 19.6 Å². The number of carbonyl (C=O) groups is 1. The van der Waals surface area contributed by atoms with Gasteiger partial charge in [-0.05, 0) is 39.8 Å². The molecule has 1 aliphatic heterocycles. The Kier molecular flexibility index (Phi) is 4.71. The number of aromatic nitrogens is 2. The van der Waals surface area contributed by atoms with Gasteiger partial charge in [0.05, 0.1) is 5.56 Å². The quantitative estimate of drug-likeness (QED) is 0.662. The zero-order chi connectivity index (χ0) is 13.8. The molecule has 2 heterocycles. The number of hydrogen-bond acceptors (Lipinski definition) is 5. The number of halogens is 1. The van der Waals surface area contributed by atoms with Crippen molar-refractivity contribution in [1.82, 2.24) is 14.9 Å². The SMILES string of the molecule is Cc1nc(Cl)c(C=O)c(NC(C)CN2CCCC2)n1. The molecule has 104 valence electrons. The van der Waals surface area contributed by atoms with Gasteiger partial charge in [0, 0.05) is 12.6 Å². The van der Waals surface area contributed by atoms with Crippen LogP contribution in [0.25, 0.3) is 0 Å². The van der Waals surface area contributed by atoms with E-state index in [4.69, 9.17) is 11.6 Å². The second-order valence-corrected chi connectivity index (χ2v) is 5.35. The highest BCUT2D eigenvalue weighted by Gasteiger charge is 2.17. The Hall–Kier alpha value is -1.20. The Morgan fingerprint density at radius 2 is 2.11 bits per heavy atom. The maximum Gasteiger partial charge on any atom is 0.156 e. The molecular weight excluding hydrogens is 264 g/mol. The lowest BCUT2D eigenvalue weighted by molar-refractivity contribution is 0.112. The van der Waals surface area contributed by atoms with Crippen molar-refractivity contribution < 1.29 is 4.79 Å². The summed E-state index contributed by atoms with van der Waals surface area (Å²) in [4.78, 5) is 21.7. The maximum atomic E-state index is 11.1. The van der Waals surface area contributed by atoms with Gasteiger partial charge in [-0.1, -0.05) is 11.6 Å². The van der Waals surface area contributed by atoms with Gasteiger partial charge in [0.25, 0.3) is 0 Å². The Bertz CT molecular complexity index is 460. The predicted molar refractivity (Wildman–Crippen MR) is 75.9 cm³/mol. The van der Waals surface area contributed by atoms with E-state index in [1.165, 1.54) is 12.8 Å². The first-order chi connectivity index (χ1) is 9.10. The van der Waals surface area contributed by atoms with E-state index >= 15 is 0 Å². The van der Waals surface area contributed by atoms with Crippen molar-refractivity contribution in [3.8, 4) is 0 Å². The molecule has 1 atom stereocenters. The van der Waals surface area contributed by atoms with Crippen LogP contribution in [0.5, 0.6) is 0 Å². The minimum Gasteiger partial charge on any atom is -0.366 e. The highest BCUT2D eigenvalue weighted by atomic mass is 35.5. The summed E-state index contributed by atoms with van der Waals surface area (Å²) in [7, 11) is 0. The van der Waals surface area contributed by atoms with E-state index in [0.29, 0.717) is 23.5 Å². The number of aryl methyl sites for hydroxylation is 1. The molecule has 0 saturated carbocycles. The largest absolute Gasteiger partial charge is 0.366 e. The van der Waals surface area contributed by atoms with Crippen molar-refractivity contribution in [2.75, 3.05) is 25.0 Å². The normalized spacial score (nSPS) is 17.4. The number of rotatable bonds is 5. The maximum absolute atomic E-state index is 11.1. The van der Waals surface area contributed by atoms with Gasteiger partial charge in [0.15, 0.2) is 6.29 Å². The Morgan fingerprint density at radius 1 is 1.42 bits per heavy atom. The van der Waals surface area contributed by atoms with Gasteiger partial charge < -0.3 is 10.2 Å². The van der Waals surface area contributed by atoms with Gasteiger partial charge >= 0.3 is 0 Å². The van der Waals surface area contributed by atoms with Crippen LogP contribution in [-0.4, -0.2) is 46.8 Å². The molecule has 0 bridgehead atoms. The van der Waals surface area contributed by atoms with Crippen LogP contribution in [0.1, 0.15) is 35.9 Å². The lowest BCUT2D eigenvalue weighted by Crippen LogP contribution is -2.33. The Morgan fingerprint density at radius 3 is 2.74 bits per heavy atom. The minimum absolute atomic E-state index is 0.207. The monoisotopic (exact) mass is 282 g/mol. The molecule has 0 aliphatic carbocycles. The molecule has 1 aromatic rings. The van der Waals surface area contributed by atoms with Crippen molar-refractivity contribution in [1.29, 1.82) is 0 Å². The van der Waals surface area contributed by atoms with Gasteiger partial charge in [0.2, 0.25) is 0 Å². The third-order valence-electron chi connectivity index (χ3n) is 3.24. The van der Waals surface area contributed by atoms with Crippen LogP contribution in [0.2, 0.25) is 5.15 Å². The van der Waals surface area contributed by atoms with Crippen LogP contribution in [0.4, 0.5) is 5.82 Å². The highest BCUT2D eigenvalue weighted by molar-refractivity contribution is 6.32. The third-order valence-corrected chi connectivity index (χ3v) is 3.53. The molecule has 5 nitrogen and oxygen atoms in total. The summed E-state index contributed by atoms with van der Waals surface area (Å²) in [6, 6.07) is 0.210. The fourth-order valence-corrected chi connectivity index (χ4v) is 2.65. The number of aldehydes is 1. The smallest absolute Gasteiger partial charge is 0.156 e. The molecule has 0 aromatic carbocycles. The van der Waals surface area contributed by atoms with Crippen molar-refractivity contribution >= 4 is 23.7 Å². The lowest BCUT2D eigenvalue weighted by atomic mass is 10.2. The lowest BCUT2D eigenvalue weighted by Gasteiger charge is -2.22. The number of likely N-dealkylation sites (tertiary alicyclic amines) is 1. The molecule has 1 unspecified atom stereocenters. The van der Waals surface area contributed by atoms with Crippen LogP contribution >= 0.6 is 11.6 Å². The molecule has 19 heavy (non-hydrogen) atoms. The average molecular weight is 283 g/mol. The molecule has 1 N–H and O–H groups in total. The van der Waals surface area contributed by atoms with E-state index in [1.807, 2.05) is 0 Å². The van der Waals surface area contributed by atoms with Gasteiger partial charge in [-0.15, -0.1) is 0 Å². The zero-order valence-corrected chi connectivity index (χ0v) is 12.1. The fraction of sp³-hybridized carbons (Fsp3) is 0.615. The summed E-state index contributed by atoms with van der Waals surface area (Å²) < 4.78 is 0. The highest BCUT2D eigenvalue weighted by Crippen LogP contribution is 2.20. The van der Waals surface area contributed by atoms with Crippen molar-refractivity contribution in [3.05, 3.63) is 16.5 Å². The molecule has 2 rings (SSSR count). The summed E-state index contributed by atoms with van der Waals surface area (Å²) in [5.74, 6) is 1.09. The molecule has 1 saturated heterocycles. The second kappa shape index (κ2) is 6.30. The van der Waals surface area contributed by atoms with Crippen LogP contribution < -0.4 is 5.32 Å². The van der Waals surface area contributed by atoms with E-state index in [2.05, 4.69) is 27.1 Å². The van der Waals surface area contributed by atoms with E-state index in [9.17, 15) is 4.79 Å². The summed E-state index contributed by atoms with van der Waals surface area (Å²) in [5, 5.41) is 3.47. The third kappa shape index (κ3) is 3.64. The number of hydrogen-bond donors (Lipinski definition) is 1. The van der Waals surface area contributed by atoms with Crippen LogP contribution in [-0.2, 0) is 0 Å². The van der Waals surface area contributed by atoms with E-state index in [1.54, 1.807) is 6.92 Å². The van der Waals surface area contributed by atoms with E-state index in [-0.39, 0.29) is 11.2 Å². The van der Waals surface area contributed by atoms with Crippen molar-refractivity contribution in [2.24, 2.45) is 0 Å². The number of nitrogens with zero attached hydrogens (tertiary/aromatic N) is 3. The zero-order valence-electron chi connectivity index (χ0n) is 11.3. The van der Waals surface area contributed by atoms with Gasteiger partial charge in [0.1, 0.15) is 16.8 Å². The molecule has 6 heteroatoms. The molecule has 1 aromatic heterocycles. The van der Waals surface area contributed by atoms with Crippen molar-refractivity contribution in [2.45, 2.75) is 32.7 Å². The number of anilines is 1. The second-order valence-electron chi connectivity index (χ2n) is 4.99. The van der Waals surface area contributed by atoms with Gasteiger partial charge in [-0.25, -0.2) is 9.97 Å². The molecule has 0 radical (unpaired) electrons. The Balaban J connectivity index is 2.06. The molecule has 0 amide bonds. The fourth-order valence-electron chi connectivity index (χ4n) is 2.39. The van der Waals surface area contributed by atoms with Gasteiger partial charge in [-0.2, -0.15) is 0 Å². The minimum atomic E-state index is 0.207. The number of carbonyl (C=O) groups excluding carboxylic acids is 1. The average Bonchev–Trinajstić information content (AvgIpc) is 2.81. The number of nitrogens with one attached hydrogen (secondary N) is 1. The van der Waals surface area contributed by atoms with Crippen LogP contribution in [0, 0.1) is 6.92 Å². The summed E-state index contributed by atoms with van der Waals surface area (Å²) in [5.41, 5.74) is 0.334. The summed E-state index contributed by atoms with van der Waals surface area (Å²) in [6.45, 7) is 7.08. The summed E-state index contributed by atoms with van der Waals surface area (Å²) >= 11 is 5.96. The topological polar surface area (TPSA) is 58.1 Å². The van der Waals surface area contributed by atoms with Crippen molar-refractivity contribution in [3.63, 3.8) is 0 Å². The van der Waals surface area contributed by atoms with Crippen LogP contribution in [0.15, 0.2) is 0 Å². The standard InChI is InChI=1S/C13H19ClN4O/c1-9(7-18-5-3-4-6-18)15-13-11(8-19)12(14)16-10(2)17-13/h8-9H,3-7H2,1-2H3,(H,15,16,17). The molecule has 1 fully saturated rings. The molecular formula is C13H19ClN4O. The van der Waals surface area contributed by atoms with Crippen LogP contribution in [0.3, 0.4) is 0 Å². The van der Waals surface area contributed by atoms with E-state index < -0.39 is 0 Å². The summed E-state index contributed by atoms with van der Waals surface area (Å²) in [6.07, 6.45) is 3.24. The molecule has 1 aliphatic rings. The first kappa shape index (κ1) is 14.2. The molecule has 0 spiro atoms. The van der Waals surface area contributed by atoms with Gasteiger partial charge in [-0.3, -0.25) is 4.79 Å². The predicted octanol–water partition coefficient (Wildman–Crippen LogP) is 2.15. The first-order valence-corrected chi connectivity index (χ1v) is 6.96. The Labute approximate surface area is 118 Å².